The van der Waals surface area contributed by atoms with Gasteiger partial charge in [-0.1, -0.05) is 29.6 Å². The van der Waals surface area contributed by atoms with Gasteiger partial charge in [0.2, 0.25) is 0 Å². The van der Waals surface area contributed by atoms with Gasteiger partial charge in [0.15, 0.2) is 13.9 Å². The number of pyridine rings is 1. The number of hydrogen-bond donors (Lipinski definition) is 1. The van der Waals surface area contributed by atoms with E-state index in [0.29, 0.717) is 0 Å². The van der Waals surface area contributed by atoms with Crippen LogP contribution >= 0.6 is 0 Å². The second-order valence-corrected chi connectivity index (χ2v) is 10.6. The van der Waals surface area contributed by atoms with Crippen molar-refractivity contribution in [1.29, 1.82) is 0 Å². The summed E-state index contributed by atoms with van der Waals surface area (Å²) in [7, 11) is -2.30. The zero-order valence-corrected chi connectivity index (χ0v) is 17.0. The lowest BCUT2D eigenvalue weighted by molar-refractivity contribution is 0.981. The minimum Gasteiger partial charge on any atom is -0.398 e. The highest BCUT2D eigenvalue weighted by molar-refractivity contribution is 7.10. The Hall–Kier alpha value is -3.71. The highest BCUT2D eigenvalue weighted by Gasteiger charge is 2.39. The van der Waals surface area contributed by atoms with Crippen molar-refractivity contribution >= 4 is 24.1 Å². The predicted octanol–water partition coefficient (Wildman–Crippen LogP) is 2.11. The molecule has 0 radical (unpaired) electrons. The quantitative estimate of drug-likeness (QED) is 0.536. The fraction of sp³-hybridized carbons (Fsp3) is 0.0455. The molecule has 0 saturated carbocycles. The van der Waals surface area contributed by atoms with Gasteiger partial charge in [0.25, 0.3) is 0 Å². The third-order valence-corrected chi connectivity index (χ3v) is 9.49. The topological polar surface area (TPSA) is 74.5 Å². The molecule has 1 aliphatic rings. The van der Waals surface area contributed by atoms with Gasteiger partial charge in [-0.15, -0.1) is 0 Å². The van der Waals surface area contributed by atoms with Crippen LogP contribution in [0, 0.1) is 6.92 Å². The second-order valence-electron chi connectivity index (χ2n) is 7.14. The lowest BCUT2D eigenvalue weighted by Crippen LogP contribution is -2.55. The van der Waals surface area contributed by atoms with Gasteiger partial charge in [0.1, 0.15) is 5.82 Å². The van der Waals surface area contributed by atoms with Crippen LogP contribution in [0.3, 0.4) is 0 Å². The fourth-order valence-electron chi connectivity index (χ4n) is 3.98. The third kappa shape index (κ3) is 2.83. The minimum absolute atomic E-state index is 0.783. The molecule has 2 N–H and O–H groups in total. The SMILES string of the molecule is Cc1cn(-c2cnccn2)cc1[Si]1(c2cn(-c3ccccn3)cc2N)C=CC=C1. The molecule has 0 fully saturated rings. The van der Waals surface area contributed by atoms with Crippen molar-refractivity contribution in [1.82, 2.24) is 24.1 Å². The molecule has 0 spiro atoms. The van der Waals surface area contributed by atoms with Gasteiger partial charge in [-0.05, 0) is 35.0 Å². The number of anilines is 1. The Morgan fingerprint density at radius 3 is 2.31 bits per heavy atom. The van der Waals surface area contributed by atoms with E-state index in [1.807, 2.05) is 33.5 Å². The van der Waals surface area contributed by atoms with Crippen molar-refractivity contribution in [3.05, 3.63) is 96.9 Å². The number of nitrogens with zero attached hydrogens (tertiary/aromatic N) is 5. The average molecular weight is 397 g/mol. The maximum Gasteiger partial charge on any atom is 0.171 e. The van der Waals surface area contributed by atoms with Crippen molar-refractivity contribution < 1.29 is 0 Å². The Balaban J connectivity index is 1.65. The van der Waals surface area contributed by atoms with Crippen molar-refractivity contribution in [3.63, 3.8) is 0 Å². The molecule has 0 atom stereocenters. The van der Waals surface area contributed by atoms with E-state index >= 15 is 0 Å². The molecule has 5 rings (SSSR count). The van der Waals surface area contributed by atoms with Crippen LogP contribution in [0.2, 0.25) is 0 Å². The second kappa shape index (κ2) is 6.71. The zero-order valence-electron chi connectivity index (χ0n) is 16.0. The van der Waals surface area contributed by atoms with Gasteiger partial charge < -0.3 is 14.9 Å². The Labute approximate surface area is 169 Å². The largest absolute Gasteiger partial charge is 0.398 e. The summed E-state index contributed by atoms with van der Waals surface area (Å²) in [5.74, 6) is 1.66. The van der Waals surface area contributed by atoms with E-state index in [1.54, 1.807) is 24.8 Å². The molecule has 6 nitrogen and oxygen atoms in total. The van der Waals surface area contributed by atoms with Gasteiger partial charge in [-0.25, -0.2) is 9.97 Å². The summed E-state index contributed by atoms with van der Waals surface area (Å²) < 4.78 is 4.05. The predicted molar refractivity (Wildman–Crippen MR) is 117 cm³/mol. The van der Waals surface area contributed by atoms with Gasteiger partial charge in [-0.3, -0.25) is 4.98 Å². The Bertz CT molecular complexity index is 1120. The highest BCUT2D eigenvalue weighted by Crippen LogP contribution is 2.22. The standard InChI is InChI=1S/C22H20N6Si/c1-17-13-27(22-12-24-8-9-26-22)15-19(17)29(10-4-5-11-29)20-16-28(14-18(20)23)21-6-2-3-7-25-21/h2-16H,23H2,1H3. The molecule has 4 aromatic rings. The summed E-state index contributed by atoms with van der Waals surface area (Å²) in [5.41, 5.74) is 13.2. The van der Waals surface area contributed by atoms with E-state index in [9.17, 15) is 0 Å². The number of aryl methyl sites for hydroxylation is 1. The minimum atomic E-state index is -2.30. The highest BCUT2D eigenvalue weighted by atomic mass is 28.3. The third-order valence-electron chi connectivity index (χ3n) is 5.33. The van der Waals surface area contributed by atoms with Crippen LogP contribution < -0.4 is 16.1 Å². The molecule has 0 saturated heterocycles. The van der Waals surface area contributed by atoms with Crippen LogP contribution in [-0.4, -0.2) is 32.2 Å². The van der Waals surface area contributed by atoms with Gasteiger partial charge in [0.05, 0.1) is 11.9 Å². The summed E-state index contributed by atoms with van der Waals surface area (Å²) in [4.78, 5) is 13.1. The van der Waals surface area contributed by atoms with Gasteiger partial charge in [-0.2, -0.15) is 0 Å². The molecule has 142 valence electrons. The van der Waals surface area contributed by atoms with E-state index in [-0.39, 0.29) is 0 Å². The number of nitrogens with two attached hydrogens (primary N) is 1. The molecular weight excluding hydrogens is 376 g/mol. The summed E-state index contributed by atoms with van der Waals surface area (Å²) in [6.07, 6.45) is 19.6. The molecule has 0 aromatic carbocycles. The maximum atomic E-state index is 6.54. The van der Waals surface area contributed by atoms with Crippen LogP contribution in [0.15, 0.2) is 91.3 Å². The number of nitrogen functional groups attached to an aromatic ring is 1. The smallest absolute Gasteiger partial charge is 0.171 e. The molecule has 0 amide bonds. The summed E-state index contributed by atoms with van der Waals surface area (Å²) >= 11 is 0. The number of allylic oxidation sites excluding steroid dienone is 2. The molecule has 29 heavy (non-hydrogen) atoms. The normalized spacial score (nSPS) is 14.5. The first-order valence-electron chi connectivity index (χ1n) is 9.39. The van der Waals surface area contributed by atoms with Crippen LogP contribution in [0.25, 0.3) is 11.6 Å². The molecular formula is C22H20N6Si. The lowest BCUT2D eigenvalue weighted by Gasteiger charge is -2.23. The van der Waals surface area contributed by atoms with E-state index in [0.717, 1.165) is 22.5 Å². The number of aromatic nitrogens is 5. The summed E-state index contributed by atoms with van der Waals surface area (Å²) in [6.45, 7) is 2.14. The first-order chi connectivity index (χ1) is 14.2. The summed E-state index contributed by atoms with van der Waals surface area (Å²) in [5, 5.41) is 2.45. The average Bonchev–Trinajstić information content (AvgIpc) is 3.48. The van der Waals surface area contributed by atoms with Crippen molar-refractivity contribution in [2.24, 2.45) is 0 Å². The molecule has 0 bridgehead atoms. The monoisotopic (exact) mass is 396 g/mol. The first kappa shape index (κ1) is 17.4. The van der Waals surface area contributed by atoms with E-state index in [4.69, 9.17) is 5.73 Å². The molecule has 7 heteroatoms. The molecule has 0 unspecified atom stereocenters. The lowest BCUT2D eigenvalue weighted by atomic mass is 10.4. The first-order valence-corrected chi connectivity index (χ1v) is 11.5. The van der Waals surface area contributed by atoms with E-state index in [1.165, 1.54) is 10.8 Å². The molecule has 0 aliphatic carbocycles. The maximum absolute atomic E-state index is 6.54. The van der Waals surface area contributed by atoms with Crippen LogP contribution in [0.4, 0.5) is 5.69 Å². The molecule has 1 aliphatic heterocycles. The Morgan fingerprint density at radius 1 is 0.828 bits per heavy atom. The van der Waals surface area contributed by atoms with Crippen LogP contribution in [-0.2, 0) is 0 Å². The van der Waals surface area contributed by atoms with E-state index in [2.05, 4.69) is 64.0 Å². The number of rotatable bonds is 4. The van der Waals surface area contributed by atoms with Crippen LogP contribution in [0.5, 0.6) is 0 Å². The molecule has 5 heterocycles. The fourth-order valence-corrected chi connectivity index (χ4v) is 7.89. The Kier molecular flexibility index (Phi) is 4.03. The van der Waals surface area contributed by atoms with Gasteiger partial charge >= 0.3 is 0 Å². The van der Waals surface area contributed by atoms with E-state index < -0.39 is 8.07 Å². The Morgan fingerprint density at radius 2 is 1.59 bits per heavy atom. The number of hydrogen-bond acceptors (Lipinski definition) is 4. The zero-order chi connectivity index (χ0) is 19.8. The van der Waals surface area contributed by atoms with Crippen LogP contribution in [0.1, 0.15) is 5.56 Å². The summed E-state index contributed by atoms with van der Waals surface area (Å²) in [6, 6.07) is 5.87. The molecule has 4 aromatic heterocycles. The van der Waals surface area contributed by atoms with Gasteiger partial charge in [0, 0.05) is 43.4 Å². The van der Waals surface area contributed by atoms with Crippen molar-refractivity contribution in [2.75, 3.05) is 5.73 Å². The van der Waals surface area contributed by atoms with Crippen molar-refractivity contribution in [3.8, 4) is 11.6 Å². The van der Waals surface area contributed by atoms with Crippen molar-refractivity contribution in [2.45, 2.75) is 6.92 Å².